The molecule has 0 radical (unpaired) electrons. The maximum absolute atomic E-state index is 12.6. The van der Waals surface area contributed by atoms with Crippen LogP contribution in [-0.2, 0) is 14.8 Å². The molecule has 0 fully saturated rings. The minimum absolute atomic E-state index is 0.229. The Morgan fingerprint density at radius 3 is 2.31 bits per heavy atom. The van der Waals surface area contributed by atoms with E-state index in [-0.39, 0.29) is 18.5 Å². The van der Waals surface area contributed by atoms with Crippen LogP contribution in [-0.4, -0.2) is 33.7 Å². The first-order chi connectivity index (χ1) is 13.6. The van der Waals surface area contributed by atoms with Gasteiger partial charge in [-0.2, -0.15) is 0 Å². The summed E-state index contributed by atoms with van der Waals surface area (Å²) in [7, 11) is -3.62. The third-order valence-electron chi connectivity index (χ3n) is 4.69. The number of amides is 1. The monoisotopic (exact) mass is 418 g/mol. The highest BCUT2D eigenvalue weighted by Crippen LogP contribution is 2.22. The van der Waals surface area contributed by atoms with Crippen LogP contribution in [0.2, 0.25) is 0 Å². The van der Waals surface area contributed by atoms with Gasteiger partial charge in [-0.25, -0.2) is 8.42 Å². The van der Waals surface area contributed by atoms with Crippen molar-refractivity contribution in [2.45, 2.75) is 40.2 Å². The fraction of sp³-hybridized carbons (Fsp3) is 0.409. The van der Waals surface area contributed by atoms with Crippen LogP contribution in [0.4, 0.5) is 5.69 Å². The molecule has 2 aromatic rings. The van der Waals surface area contributed by atoms with Crippen molar-refractivity contribution in [3.63, 3.8) is 0 Å². The number of sulfonamides is 1. The van der Waals surface area contributed by atoms with E-state index in [9.17, 15) is 13.2 Å². The molecule has 7 heteroatoms. The zero-order chi connectivity index (χ0) is 21.6. The van der Waals surface area contributed by atoms with E-state index in [4.69, 9.17) is 4.74 Å². The summed E-state index contributed by atoms with van der Waals surface area (Å²) in [5, 5.41) is 2.88. The summed E-state index contributed by atoms with van der Waals surface area (Å²) in [6.45, 7) is 8.25. The molecule has 1 atom stereocenters. The van der Waals surface area contributed by atoms with Crippen molar-refractivity contribution in [3.8, 4) is 5.75 Å². The molecule has 158 valence electrons. The first-order valence-electron chi connectivity index (χ1n) is 9.69. The standard InChI is InChI=1S/C22H30N2O4S/c1-6-13-28-21-11-9-20(10-12-21)24(29(5,26)27)15-22(25)23-18(4)19-8-7-16(2)17(3)14-19/h7-12,14,18H,6,13,15H2,1-5H3,(H,23,25)/t18-/m1/s1. The van der Waals surface area contributed by atoms with Crippen molar-refractivity contribution in [2.24, 2.45) is 0 Å². The average molecular weight is 419 g/mol. The van der Waals surface area contributed by atoms with Gasteiger partial charge < -0.3 is 10.1 Å². The van der Waals surface area contributed by atoms with Gasteiger partial charge in [0.25, 0.3) is 0 Å². The molecule has 0 saturated carbocycles. The van der Waals surface area contributed by atoms with E-state index in [0.29, 0.717) is 18.0 Å². The molecular weight excluding hydrogens is 388 g/mol. The van der Waals surface area contributed by atoms with Gasteiger partial charge in [-0.15, -0.1) is 0 Å². The number of anilines is 1. The number of benzene rings is 2. The van der Waals surface area contributed by atoms with Gasteiger partial charge in [0.05, 0.1) is 24.6 Å². The van der Waals surface area contributed by atoms with Gasteiger partial charge in [0.2, 0.25) is 15.9 Å². The normalized spacial score (nSPS) is 12.3. The SMILES string of the molecule is CCCOc1ccc(N(CC(=O)N[C@H](C)c2ccc(C)c(C)c2)S(C)(=O)=O)cc1. The summed E-state index contributed by atoms with van der Waals surface area (Å²) >= 11 is 0. The van der Waals surface area contributed by atoms with Gasteiger partial charge in [0, 0.05) is 0 Å². The second-order valence-electron chi connectivity index (χ2n) is 7.24. The Bertz CT molecular complexity index is 940. The Morgan fingerprint density at radius 1 is 1.10 bits per heavy atom. The number of hydrogen-bond acceptors (Lipinski definition) is 4. The number of carbonyl (C=O) groups excluding carboxylic acids is 1. The average Bonchev–Trinajstić information content (AvgIpc) is 2.66. The lowest BCUT2D eigenvalue weighted by molar-refractivity contribution is -0.120. The second-order valence-corrected chi connectivity index (χ2v) is 9.15. The van der Waals surface area contributed by atoms with Crippen molar-refractivity contribution in [1.82, 2.24) is 5.32 Å². The van der Waals surface area contributed by atoms with Crippen LogP contribution in [0.5, 0.6) is 5.75 Å². The van der Waals surface area contributed by atoms with Crippen LogP contribution in [0.15, 0.2) is 42.5 Å². The topological polar surface area (TPSA) is 75.7 Å². The summed E-state index contributed by atoms with van der Waals surface area (Å²) < 4.78 is 31.2. The highest BCUT2D eigenvalue weighted by atomic mass is 32.2. The highest BCUT2D eigenvalue weighted by Gasteiger charge is 2.22. The van der Waals surface area contributed by atoms with Gasteiger partial charge in [-0.1, -0.05) is 25.1 Å². The quantitative estimate of drug-likeness (QED) is 0.673. The maximum Gasteiger partial charge on any atom is 0.241 e. The molecule has 0 bridgehead atoms. The van der Waals surface area contributed by atoms with E-state index >= 15 is 0 Å². The molecule has 2 rings (SSSR count). The first kappa shape index (κ1) is 22.7. The molecule has 2 aromatic carbocycles. The van der Waals surface area contributed by atoms with Crippen LogP contribution >= 0.6 is 0 Å². The van der Waals surface area contributed by atoms with E-state index in [2.05, 4.69) is 5.32 Å². The zero-order valence-electron chi connectivity index (χ0n) is 17.7. The van der Waals surface area contributed by atoms with Gasteiger partial charge in [-0.05, 0) is 68.1 Å². The fourth-order valence-electron chi connectivity index (χ4n) is 2.86. The molecule has 0 unspecified atom stereocenters. The lowest BCUT2D eigenvalue weighted by atomic mass is 10.0. The van der Waals surface area contributed by atoms with Crippen molar-refractivity contribution >= 4 is 21.6 Å². The smallest absolute Gasteiger partial charge is 0.241 e. The van der Waals surface area contributed by atoms with Crippen LogP contribution < -0.4 is 14.4 Å². The summed E-state index contributed by atoms with van der Waals surface area (Å²) in [6, 6.07) is 12.5. The molecule has 0 aromatic heterocycles. The number of hydrogen-bond donors (Lipinski definition) is 1. The largest absolute Gasteiger partial charge is 0.494 e. The van der Waals surface area contributed by atoms with E-state index in [1.807, 2.05) is 45.9 Å². The predicted molar refractivity (Wildman–Crippen MR) is 117 cm³/mol. The van der Waals surface area contributed by atoms with E-state index < -0.39 is 10.0 Å². The summed E-state index contributed by atoms with van der Waals surface area (Å²) in [5.41, 5.74) is 3.73. The zero-order valence-corrected chi connectivity index (χ0v) is 18.5. The summed E-state index contributed by atoms with van der Waals surface area (Å²) in [6.07, 6.45) is 1.98. The van der Waals surface area contributed by atoms with Crippen molar-refractivity contribution in [3.05, 3.63) is 59.2 Å². The fourth-order valence-corrected chi connectivity index (χ4v) is 3.72. The molecule has 29 heavy (non-hydrogen) atoms. The van der Waals surface area contributed by atoms with Crippen LogP contribution in [0, 0.1) is 13.8 Å². The summed E-state index contributed by atoms with van der Waals surface area (Å²) in [5.74, 6) is 0.296. The molecule has 0 heterocycles. The molecular formula is C22H30N2O4S. The van der Waals surface area contributed by atoms with Crippen LogP contribution in [0.25, 0.3) is 0 Å². The third-order valence-corrected chi connectivity index (χ3v) is 5.83. The van der Waals surface area contributed by atoms with Crippen molar-refractivity contribution in [2.75, 3.05) is 23.7 Å². The second kappa shape index (κ2) is 9.78. The molecule has 0 aliphatic carbocycles. The molecule has 0 saturated heterocycles. The number of nitrogens with zero attached hydrogens (tertiary/aromatic N) is 1. The maximum atomic E-state index is 12.6. The van der Waals surface area contributed by atoms with E-state index in [1.165, 1.54) is 5.56 Å². The van der Waals surface area contributed by atoms with Crippen LogP contribution in [0.3, 0.4) is 0 Å². The molecule has 1 amide bonds. The number of nitrogens with one attached hydrogen (secondary N) is 1. The van der Waals surface area contributed by atoms with Gasteiger partial charge in [0.15, 0.2) is 0 Å². The minimum Gasteiger partial charge on any atom is -0.494 e. The van der Waals surface area contributed by atoms with E-state index in [1.54, 1.807) is 24.3 Å². The Kier molecular flexibility index (Phi) is 7.67. The van der Waals surface area contributed by atoms with Crippen LogP contribution in [0.1, 0.15) is 43.0 Å². The minimum atomic E-state index is -3.62. The third kappa shape index (κ3) is 6.49. The predicted octanol–water partition coefficient (Wildman–Crippen LogP) is 3.74. The van der Waals surface area contributed by atoms with Gasteiger partial charge in [0.1, 0.15) is 12.3 Å². The Morgan fingerprint density at radius 2 is 1.76 bits per heavy atom. The molecule has 0 aliphatic rings. The Balaban J connectivity index is 2.11. The Hall–Kier alpha value is -2.54. The number of rotatable bonds is 9. The lowest BCUT2D eigenvalue weighted by Crippen LogP contribution is -2.41. The van der Waals surface area contributed by atoms with Crippen molar-refractivity contribution in [1.29, 1.82) is 0 Å². The molecule has 1 N–H and O–H groups in total. The number of aryl methyl sites for hydroxylation is 2. The lowest BCUT2D eigenvalue weighted by Gasteiger charge is -2.23. The summed E-state index contributed by atoms with van der Waals surface area (Å²) in [4.78, 5) is 12.6. The first-order valence-corrected chi connectivity index (χ1v) is 11.5. The molecule has 6 nitrogen and oxygen atoms in total. The molecule has 0 aliphatic heterocycles. The van der Waals surface area contributed by atoms with Gasteiger partial charge >= 0.3 is 0 Å². The van der Waals surface area contributed by atoms with Crippen molar-refractivity contribution < 1.29 is 17.9 Å². The number of ether oxygens (including phenoxy) is 1. The number of carbonyl (C=O) groups is 1. The molecule has 0 spiro atoms. The Labute approximate surface area is 173 Å². The van der Waals surface area contributed by atoms with Gasteiger partial charge in [-0.3, -0.25) is 9.10 Å². The van der Waals surface area contributed by atoms with E-state index in [0.717, 1.165) is 28.1 Å². The highest BCUT2D eigenvalue weighted by molar-refractivity contribution is 7.92.